The van der Waals surface area contributed by atoms with Gasteiger partial charge in [0.05, 0.1) is 23.6 Å². The summed E-state index contributed by atoms with van der Waals surface area (Å²) in [5.41, 5.74) is -0.121. The van der Waals surface area contributed by atoms with E-state index in [0.29, 0.717) is 13.0 Å². The second-order valence-electron chi connectivity index (χ2n) is 7.64. The summed E-state index contributed by atoms with van der Waals surface area (Å²) >= 11 is 0. The Balaban J connectivity index is 2.25. The van der Waals surface area contributed by atoms with E-state index < -0.39 is 27.9 Å². The number of nitrogens with zero attached hydrogens (tertiary/aromatic N) is 1. The summed E-state index contributed by atoms with van der Waals surface area (Å²) in [5, 5.41) is 10.4. The topological polar surface area (TPSA) is 86.7 Å². The van der Waals surface area contributed by atoms with Crippen molar-refractivity contribution in [1.82, 2.24) is 4.90 Å². The number of hydrogen-bond acceptors (Lipinski definition) is 4. The van der Waals surface area contributed by atoms with E-state index in [2.05, 4.69) is 4.72 Å². The lowest BCUT2D eigenvalue weighted by atomic mass is 9.73. The summed E-state index contributed by atoms with van der Waals surface area (Å²) in [7, 11) is -3.61. The monoisotopic (exact) mass is 372 g/mol. The van der Waals surface area contributed by atoms with Crippen LogP contribution in [-0.4, -0.2) is 49.8 Å². The second-order valence-corrected chi connectivity index (χ2v) is 9.39. The largest absolute Gasteiger partial charge is 0.391 e. The van der Waals surface area contributed by atoms with Crippen LogP contribution < -0.4 is 4.72 Å². The number of hydrogen-bond donors (Lipinski definition) is 2. The van der Waals surface area contributed by atoms with Crippen molar-refractivity contribution in [2.75, 3.05) is 24.1 Å². The fourth-order valence-corrected chi connectivity index (χ4v) is 3.86. The summed E-state index contributed by atoms with van der Waals surface area (Å²) in [4.78, 5) is 14.2. The van der Waals surface area contributed by atoms with Gasteiger partial charge in [-0.15, -0.1) is 0 Å². The van der Waals surface area contributed by atoms with Gasteiger partial charge in [-0.05, 0) is 36.0 Å². The van der Waals surface area contributed by atoms with E-state index in [1.54, 1.807) is 0 Å². The Hall–Kier alpha value is -1.67. The van der Waals surface area contributed by atoms with Crippen LogP contribution in [-0.2, 0) is 10.0 Å². The van der Waals surface area contributed by atoms with Crippen LogP contribution in [0.1, 0.15) is 37.6 Å². The molecule has 1 aromatic carbocycles. The van der Waals surface area contributed by atoms with Gasteiger partial charge >= 0.3 is 0 Å². The van der Waals surface area contributed by atoms with Crippen molar-refractivity contribution in [2.24, 2.45) is 11.3 Å². The van der Waals surface area contributed by atoms with Gasteiger partial charge in [0.25, 0.3) is 5.91 Å². The summed E-state index contributed by atoms with van der Waals surface area (Å²) in [6, 6.07) is 3.32. The van der Waals surface area contributed by atoms with E-state index in [9.17, 15) is 22.7 Å². The zero-order valence-electron chi connectivity index (χ0n) is 14.9. The van der Waals surface area contributed by atoms with Gasteiger partial charge in [0.15, 0.2) is 0 Å². The second kappa shape index (κ2) is 6.92. The van der Waals surface area contributed by atoms with Crippen LogP contribution in [0.4, 0.5) is 10.1 Å². The molecule has 0 radical (unpaired) electrons. The van der Waals surface area contributed by atoms with Crippen molar-refractivity contribution in [1.29, 1.82) is 0 Å². The Kier molecular flexibility index (Phi) is 5.44. The molecule has 0 bridgehead atoms. The first-order valence-corrected chi connectivity index (χ1v) is 10.0. The Morgan fingerprint density at radius 2 is 2.00 bits per heavy atom. The highest BCUT2D eigenvalue weighted by Gasteiger charge is 2.37. The molecule has 2 N–H and O–H groups in total. The Morgan fingerprint density at radius 3 is 2.52 bits per heavy atom. The Labute approximate surface area is 148 Å². The van der Waals surface area contributed by atoms with Crippen LogP contribution in [0.15, 0.2) is 18.2 Å². The van der Waals surface area contributed by atoms with E-state index in [1.165, 1.54) is 11.0 Å². The van der Waals surface area contributed by atoms with Gasteiger partial charge in [0, 0.05) is 13.1 Å². The van der Waals surface area contributed by atoms with Crippen molar-refractivity contribution >= 4 is 21.6 Å². The standard InChI is InChI=1S/C17H25FN2O4S/c1-17(2,3)13-7-8-20(10-15(13)21)16(22)12-9-11(18)5-6-14(12)19-25(4,23)24/h5-6,9,13,15,19,21H,7-8,10H2,1-4H3/t13-,15+/m0/s1. The van der Waals surface area contributed by atoms with Crippen LogP contribution in [0, 0.1) is 17.2 Å². The van der Waals surface area contributed by atoms with Crippen LogP contribution in [0.3, 0.4) is 0 Å². The number of aliphatic hydroxyl groups excluding tert-OH is 1. The number of aliphatic hydroxyl groups is 1. The minimum atomic E-state index is -3.61. The lowest BCUT2D eigenvalue weighted by molar-refractivity contribution is -0.0188. The Bertz CT molecular complexity index is 758. The van der Waals surface area contributed by atoms with Gasteiger partial charge in [-0.3, -0.25) is 9.52 Å². The molecule has 0 aromatic heterocycles. The molecule has 1 aliphatic rings. The van der Waals surface area contributed by atoms with E-state index in [0.717, 1.165) is 18.4 Å². The summed E-state index contributed by atoms with van der Waals surface area (Å²) in [5.74, 6) is -1.08. The van der Waals surface area contributed by atoms with Crippen LogP contribution in [0.2, 0.25) is 0 Å². The zero-order valence-corrected chi connectivity index (χ0v) is 15.7. The van der Waals surface area contributed by atoms with Gasteiger partial charge < -0.3 is 10.0 Å². The van der Waals surface area contributed by atoms with E-state index in [1.807, 2.05) is 20.8 Å². The first-order valence-electron chi connectivity index (χ1n) is 8.13. The molecule has 1 aliphatic heterocycles. The first-order chi connectivity index (χ1) is 11.4. The molecule has 0 aliphatic carbocycles. The molecule has 6 nitrogen and oxygen atoms in total. The number of anilines is 1. The van der Waals surface area contributed by atoms with Gasteiger partial charge in [-0.1, -0.05) is 20.8 Å². The number of sulfonamides is 1. The molecule has 1 fully saturated rings. The maximum atomic E-state index is 13.6. The summed E-state index contributed by atoms with van der Waals surface area (Å²) in [6.45, 7) is 6.68. The number of halogens is 1. The number of β-amino-alcohol motifs (C(OH)–C–C–N with tert-alkyl or cyclic N) is 1. The zero-order chi connectivity index (χ0) is 19.0. The Morgan fingerprint density at radius 1 is 1.36 bits per heavy atom. The van der Waals surface area contributed by atoms with Crippen molar-refractivity contribution in [2.45, 2.75) is 33.3 Å². The molecule has 2 atom stereocenters. The third-order valence-electron chi connectivity index (χ3n) is 4.49. The minimum Gasteiger partial charge on any atom is -0.391 e. The van der Waals surface area contributed by atoms with Crippen molar-refractivity contribution in [3.63, 3.8) is 0 Å². The molecule has 0 unspecified atom stereocenters. The minimum absolute atomic E-state index is 0.0290. The van der Waals surface area contributed by atoms with E-state index in [-0.39, 0.29) is 29.1 Å². The molecule has 0 spiro atoms. The number of piperidine rings is 1. The number of carbonyl (C=O) groups is 1. The van der Waals surface area contributed by atoms with E-state index >= 15 is 0 Å². The van der Waals surface area contributed by atoms with Crippen molar-refractivity contribution in [3.05, 3.63) is 29.6 Å². The lowest BCUT2D eigenvalue weighted by Gasteiger charge is -2.42. The normalized spacial score (nSPS) is 21.9. The molecule has 1 heterocycles. The number of benzene rings is 1. The number of rotatable bonds is 3. The molecule has 2 rings (SSSR count). The number of carbonyl (C=O) groups excluding carboxylic acids is 1. The predicted molar refractivity (Wildman–Crippen MR) is 94.3 cm³/mol. The number of nitrogens with one attached hydrogen (secondary N) is 1. The molecule has 25 heavy (non-hydrogen) atoms. The van der Waals surface area contributed by atoms with E-state index in [4.69, 9.17) is 0 Å². The molecular weight excluding hydrogens is 347 g/mol. The van der Waals surface area contributed by atoms with Gasteiger partial charge in [0.1, 0.15) is 5.82 Å². The molecule has 1 aromatic rings. The SMILES string of the molecule is CC(C)(C)[C@H]1CCN(C(=O)c2cc(F)ccc2NS(C)(=O)=O)C[C@H]1O. The fraction of sp³-hybridized carbons (Fsp3) is 0.588. The van der Waals surface area contributed by atoms with Gasteiger partial charge in [-0.2, -0.15) is 0 Å². The highest BCUT2D eigenvalue weighted by molar-refractivity contribution is 7.92. The highest BCUT2D eigenvalue weighted by atomic mass is 32.2. The van der Waals surface area contributed by atoms with Crippen molar-refractivity contribution in [3.8, 4) is 0 Å². The third-order valence-corrected chi connectivity index (χ3v) is 5.08. The lowest BCUT2D eigenvalue weighted by Crippen LogP contribution is -2.50. The first kappa shape index (κ1) is 19.7. The molecular formula is C17H25FN2O4S. The smallest absolute Gasteiger partial charge is 0.256 e. The quantitative estimate of drug-likeness (QED) is 0.850. The maximum absolute atomic E-state index is 13.6. The fourth-order valence-electron chi connectivity index (χ4n) is 3.28. The highest BCUT2D eigenvalue weighted by Crippen LogP contribution is 2.35. The average Bonchev–Trinajstić information content (AvgIpc) is 2.45. The van der Waals surface area contributed by atoms with Crippen LogP contribution in [0.25, 0.3) is 0 Å². The van der Waals surface area contributed by atoms with Crippen LogP contribution in [0.5, 0.6) is 0 Å². The van der Waals surface area contributed by atoms with Crippen molar-refractivity contribution < 1.29 is 22.7 Å². The predicted octanol–water partition coefficient (Wildman–Crippen LogP) is 2.07. The van der Waals surface area contributed by atoms with Crippen LogP contribution >= 0.6 is 0 Å². The van der Waals surface area contributed by atoms with Gasteiger partial charge in [0.2, 0.25) is 10.0 Å². The third kappa shape index (κ3) is 4.92. The maximum Gasteiger partial charge on any atom is 0.256 e. The average molecular weight is 372 g/mol. The number of amides is 1. The van der Waals surface area contributed by atoms with Gasteiger partial charge in [-0.25, -0.2) is 12.8 Å². The molecule has 8 heteroatoms. The molecule has 140 valence electrons. The molecule has 1 saturated heterocycles. The summed E-state index contributed by atoms with van der Waals surface area (Å²) < 4.78 is 38.8. The molecule has 0 saturated carbocycles. The molecule has 1 amide bonds. The number of likely N-dealkylation sites (tertiary alicyclic amines) is 1. The summed E-state index contributed by atoms with van der Waals surface area (Å²) in [6.07, 6.45) is 0.904.